The van der Waals surface area contributed by atoms with Crippen LogP contribution in [0.3, 0.4) is 0 Å². The van der Waals surface area contributed by atoms with Crippen molar-refractivity contribution in [3.63, 3.8) is 0 Å². The Morgan fingerprint density at radius 1 is 1.28 bits per heavy atom. The van der Waals surface area contributed by atoms with Crippen molar-refractivity contribution in [3.8, 4) is 5.75 Å². The number of rotatable bonds is 6. The van der Waals surface area contributed by atoms with E-state index in [1.54, 1.807) is 23.4 Å². The van der Waals surface area contributed by atoms with Crippen molar-refractivity contribution < 1.29 is 4.74 Å². The quantitative estimate of drug-likeness (QED) is 0.361. The first-order valence-electron chi connectivity index (χ1n) is 7.95. The topological polar surface area (TPSA) is 44.1 Å². The summed E-state index contributed by atoms with van der Waals surface area (Å²) in [7, 11) is 1.64. The van der Waals surface area contributed by atoms with Crippen molar-refractivity contribution in [1.82, 2.24) is 9.55 Å². The van der Waals surface area contributed by atoms with E-state index in [-0.39, 0.29) is 5.56 Å². The molecule has 2 heterocycles. The van der Waals surface area contributed by atoms with E-state index in [9.17, 15) is 4.79 Å². The number of aromatic nitrogens is 2. The second-order valence-corrected chi connectivity index (χ2v) is 7.76. The normalized spacial score (nSPS) is 10.8. The van der Waals surface area contributed by atoms with Gasteiger partial charge in [-0.25, -0.2) is 4.98 Å². The van der Waals surface area contributed by atoms with Gasteiger partial charge in [0.15, 0.2) is 5.16 Å². The summed E-state index contributed by atoms with van der Waals surface area (Å²) >= 11 is 3.04. The molecule has 130 valence electrons. The Morgan fingerprint density at radius 3 is 2.72 bits per heavy atom. The van der Waals surface area contributed by atoms with Crippen LogP contribution in [-0.4, -0.2) is 22.4 Å². The first-order chi connectivity index (χ1) is 12.1. The Bertz CT molecular complexity index is 952. The summed E-state index contributed by atoms with van der Waals surface area (Å²) in [5, 5.41) is 2.67. The maximum absolute atomic E-state index is 12.9. The molecule has 0 radical (unpaired) electrons. The van der Waals surface area contributed by atoms with E-state index in [1.807, 2.05) is 35.7 Å². The summed E-state index contributed by atoms with van der Waals surface area (Å²) < 4.78 is 7.68. The van der Waals surface area contributed by atoms with Crippen molar-refractivity contribution >= 4 is 33.3 Å². The molecular formula is C19H20N2O2S2. The minimum absolute atomic E-state index is 0.0236. The fourth-order valence-corrected chi connectivity index (χ4v) is 4.18. The highest BCUT2D eigenvalue weighted by Crippen LogP contribution is 2.22. The van der Waals surface area contributed by atoms with Gasteiger partial charge in [-0.2, -0.15) is 0 Å². The number of fused-ring (bicyclic) bond motifs is 1. The molecule has 1 aromatic carbocycles. The van der Waals surface area contributed by atoms with Gasteiger partial charge in [0.1, 0.15) is 10.4 Å². The van der Waals surface area contributed by atoms with Crippen molar-refractivity contribution in [2.45, 2.75) is 25.5 Å². The minimum Gasteiger partial charge on any atom is -0.497 e. The molecule has 3 rings (SSSR count). The van der Waals surface area contributed by atoms with Crippen LogP contribution in [0.4, 0.5) is 0 Å². The van der Waals surface area contributed by atoms with E-state index in [0.717, 1.165) is 27.7 Å². The van der Waals surface area contributed by atoms with Crippen LogP contribution in [-0.2, 0) is 6.54 Å². The van der Waals surface area contributed by atoms with E-state index < -0.39 is 0 Å². The van der Waals surface area contributed by atoms with E-state index >= 15 is 0 Å². The van der Waals surface area contributed by atoms with Gasteiger partial charge in [-0.05, 0) is 43.0 Å². The Morgan fingerprint density at radius 2 is 2.04 bits per heavy atom. The van der Waals surface area contributed by atoms with Crippen LogP contribution < -0.4 is 10.3 Å². The molecule has 0 amide bonds. The van der Waals surface area contributed by atoms with Gasteiger partial charge < -0.3 is 4.74 Å². The Labute approximate surface area is 155 Å². The fourth-order valence-electron chi connectivity index (χ4n) is 2.37. The summed E-state index contributed by atoms with van der Waals surface area (Å²) in [4.78, 5) is 17.6. The molecule has 0 aliphatic heterocycles. The molecule has 0 bridgehead atoms. The van der Waals surface area contributed by atoms with E-state index in [4.69, 9.17) is 9.72 Å². The third kappa shape index (κ3) is 4.14. The van der Waals surface area contributed by atoms with Gasteiger partial charge in [0, 0.05) is 5.75 Å². The highest BCUT2D eigenvalue weighted by Gasteiger charge is 2.13. The molecule has 0 saturated heterocycles. The summed E-state index contributed by atoms with van der Waals surface area (Å²) in [5.41, 5.74) is 3.11. The smallest absolute Gasteiger partial charge is 0.272 e. The third-order valence-corrected chi connectivity index (χ3v) is 5.53. The van der Waals surface area contributed by atoms with Crippen LogP contribution in [0.25, 0.3) is 10.2 Å². The monoisotopic (exact) mass is 372 g/mol. The second-order valence-electron chi connectivity index (χ2n) is 5.86. The highest BCUT2D eigenvalue weighted by atomic mass is 32.2. The average molecular weight is 373 g/mol. The minimum atomic E-state index is 0.0236. The Balaban J connectivity index is 1.99. The molecule has 0 aliphatic rings. The lowest BCUT2D eigenvalue weighted by molar-refractivity contribution is 0.414. The predicted octanol–water partition coefficient (Wildman–Crippen LogP) is 4.57. The lowest BCUT2D eigenvalue weighted by atomic mass is 10.2. The molecule has 0 aliphatic carbocycles. The zero-order valence-corrected chi connectivity index (χ0v) is 16.1. The molecule has 0 fully saturated rings. The number of benzene rings is 1. The van der Waals surface area contributed by atoms with Crippen LogP contribution in [0.15, 0.2) is 57.3 Å². The fraction of sp³-hybridized carbons (Fsp3) is 0.263. The van der Waals surface area contributed by atoms with Gasteiger partial charge in [-0.3, -0.25) is 9.36 Å². The predicted molar refractivity (Wildman–Crippen MR) is 106 cm³/mol. The molecular weight excluding hydrogens is 352 g/mol. The van der Waals surface area contributed by atoms with Crippen LogP contribution in [0.1, 0.15) is 19.4 Å². The number of methoxy groups -OCH3 is 1. The standard InChI is InChI=1S/C19H20N2O2S2/c1-13(2)8-10-25-19-20-16-9-11-24-17(16)18(22)21(19)12-14-4-6-15(23-3)7-5-14/h4-9,11H,10,12H2,1-3H3. The van der Waals surface area contributed by atoms with Gasteiger partial charge >= 0.3 is 0 Å². The molecule has 0 N–H and O–H groups in total. The number of nitrogens with zero attached hydrogens (tertiary/aromatic N) is 2. The maximum Gasteiger partial charge on any atom is 0.272 e. The van der Waals surface area contributed by atoms with Crippen molar-refractivity contribution in [2.24, 2.45) is 0 Å². The zero-order valence-electron chi connectivity index (χ0n) is 14.5. The van der Waals surface area contributed by atoms with E-state index in [0.29, 0.717) is 11.2 Å². The van der Waals surface area contributed by atoms with E-state index in [2.05, 4.69) is 19.9 Å². The number of thiophene rings is 1. The highest BCUT2D eigenvalue weighted by molar-refractivity contribution is 7.99. The Kier molecular flexibility index (Phi) is 5.60. The third-order valence-electron chi connectivity index (χ3n) is 3.73. The number of allylic oxidation sites excluding steroid dienone is 1. The summed E-state index contributed by atoms with van der Waals surface area (Å²) in [5.74, 6) is 1.61. The summed E-state index contributed by atoms with van der Waals surface area (Å²) in [6.45, 7) is 4.64. The number of hydrogen-bond donors (Lipinski definition) is 0. The number of thioether (sulfide) groups is 1. The molecule has 2 aromatic heterocycles. The molecule has 0 unspecified atom stereocenters. The molecule has 3 aromatic rings. The van der Waals surface area contributed by atoms with Gasteiger partial charge in [0.05, 0.1) is 19.2 Å². The zero-order chi connectivity index (χ0) is 17.8. The average Bonchev–Trinajstić information content (AvgIpc) is 3.07. The second kappa shape index (κ2) is 7.89. The first kappa shape index (κ1) is 17.8. The van der Waals surface area contributed by atoms with Crippen LogP contribution in [0, 0.1) is 0 Å². The lowest BCUT2D eigenvalue weighted by Crippen LogP contribution is -2.23. The first-order valence-corrected chi connectivity index (χ1v) is 9.82. The van der Waals surface area contributed by atoms with Crippen LogP contribution >= 0.6 is 23.1 Å². The molecule has 25 heavy (non-hydrogen) atoms. The molecule has 0 atom stereocenters. The van der Waals surface area contributed by atoms with Crippen molar-refractivity contribution in [1.29, 1.82) is 0 Å². The van der Waals surface area contributed by atoms with Crippen molar-refractivity contribution in [3.05, 3.63) is 63.3 Å². The van der Waals surface area contributed by atoms with Gasteiger partial charge in [0.25, 0.3) is 5.56 Å². The van der Waals surface area contributed by atoms with Gasteiger partial charge in [-0.1, -0.05) is 35.5 Å². The number of hydrogen-bond acceptors (Lipinski definition) is 5. The molecule has 6 heteroatoms. The van der Waals surface area contributed by atoms with Crippen molar-refractivity contribution in [2.75, 3.05) is 12.9 Å². The lowest BCUT2D eigenvalue weighted by Gasteiger charge is -2.12. The largest absolute Gasteiger partial charge is 0.497 e. The molecule has 0 spiro atoms. The molecule has 4 nitrogen and oxygen atoms in total. The summed E-state index contributed by atoms with van der Waals surface area (Å²) in [6.07, 6.45) is 2.15. The molecule has 0 saturated carbocycles. The number of ether oxygens (including phenoxy) is 1. The van der Waals surface area contributed by atoms with Gasteiger partial charge in [-0.15, -0.1) is 11.3 Å². The van der Waals surface area contributed by atoms with Crippen LogP contribution in [0.5, 0.6) is 5.75 Å². The maximum atomic E-state index is 12.9. The SMILES string of the molecule is COc1ccc(Cn2c(SCC=C(C)C)nc3ccsc3c2=O)cc1. The Hall–Kier alpha value is -2.05. The summed E-state index contributed by atoms with van der Waals surface area (Å²) in [6, 6.07) is 9.69. The van der Waals surface area contributed by atoms with E-state index in [1.165, 1.54) is 16.9 Å². The van der Waals surface area contributed by atoms with Crippen LogP contribution in [0.2, 0.25) is 0 Å². The van der Waals surface area contributed by atoms with Gasteiger partial charge in [0.2, 0.25) is 0 Å².